The van der Waals surface area contributed by atoms with Crippen molar-refractivity contribution in [2.45, 2.75) is 13.1 Å². The normalized spacial score (nSPS) is 11.4. The van der Waals surface area contributed by atoms with Gasteiger partial charge in [0.15, 0.2) is 5.96 Å². The molecule has 3 aromatic rings. The van der Waals surface area contributed by atoms with Crippen molar-refractivity contribution in [3.05, 3.63) is 83.9 Å². The van der Waals surface area contributed by atoms with Crippen LogP contribution in [-0.2, 0) is 13.1 Å². The van der Waals surface area contributed by atoms with Crippen LogP contribution in [-0.4, -0.2) is 22.8 Å². The zero-order valence-corrected chi connectivity index (χ0v) is 14.0. The molecule has 5 nitrogen and oxygen atoms in total. The van der Waals surface area contributed by atoms with Crippen molar-refractivity contribution in [1.82, 2.24) is 20.4 Å². The van der Waals surface area contributed by atoms with Crippen molar-refractivity contribution >= 4 is 5.96 Å². The summed E-state index contributed by atoms with van der Waals surface area (Å²) in [6, 6.07) is 16.5. The number of aliphatic imine (C=N–C) groups is 1. The van der Waals surface area contributed by atoms with Crippen LogP contribution in [0.25, 0.3) is 5.69 Å². The van der Waals surface area contributed by atoms with Crippen molar-refractivity contribution in [2.24, 2.45) is 4.99 Å². The minimum atomic E-state index is -0.237. The van der Waals surface area contributed by atoms with Crippen LogP contribution in [0.3, 0.4) is 0 Å². The Bertz CT molecular complexity index is 825. The molecule has 0 bridgehead atoms. The predicted octanol–water partition coefficient (Wildman–Crippen LogP) is 2.88. The number of hydrogen-bond donors (Lipinski definition) is 2. The third-order valence-electron chi connectivity index (χ3n) is 3.74. The molecule has 2 N–H and O–H groups in total. The number of nitrogens with one attached hydrogen (secondary N) is 2. The summed E-state index contributed by atoms with van der Waals surface area (Å²) in [5.74, 6) is 0.430. The third-order valence-corrected chi connectivity index (χ3v) is 3.74. The van der Waals surface area contributed by atoms with Gasteiger partial charge in [-0.1, -0.05) is 24.3 Å². The highest BCUT2D eigenvalue weighted by molar-refractivity contribution is 5.79. The van der Waals surface area contributed by atoms with Crippen molar-refractivity contribution in [2.75, 3.05) is 7.05 Å². The van der Waals surface area contributed by atoms with Gasteiger partial charge in [-0.05, 0) is 41.5 Å². The highest BCUT2D eigenvalue weighted by Crippen LogP contribution is 2.08. The Morgan fingerprint density at radius 1 is 1.04 bits per heavy atom. The van der Waals surface area contributed by atoms with Crippen LogP contribution < -0.4 is 10.6 Å². The van der Waals surface area contributed by atoms with Gasteiger partial charge in [-0.3, -0.25) is 4.99 Å². The minimum absolute atomic E-state index is 0.237. The minimum Gasteiger partial charge on any atom is -0.352 e. The van der Waals surface area contributed by atoms with Crippen LogP contribution in [0.5, 0.6) is 0 Å². The Hall–Kier alpha value is -3.15. The van der Waals surface area contributed by atoms with E-state index in [-0.39, 0.29) is 5.82 Å². The fraction of sp³-hybridized carbons (Fsp3) is 0.158. The Labute approximate surface area is 146 Å². The average Bonchev–Trinajstić information content (AvgIpc) is 3.17. The second-order valence-corrected chi connectivity index (χ2v) is 5.53. The monoisotopic (exact) mass is 337 g/mol. The van der Waals surface area contributed by atoms with E-state index in [2.05, 4.69) is 20.7 Å². The summed E-state index contributed by atoms with van der Waals surface area (Å²) in [5.41, 5.74) is 3.01. The molecule has 0 amide bonds. The van der Waals surface area contributed by atoms with Gasteiger partial charge in [-0.25, -0.2) is 9.07 Å². The topological polar surface area (TPSA) is 54.2 Å². The fourth-order valence-corrected chi connectivity index (χ4v) is 2.43. The van der Waals surface area contributed by atoms with E-state index in [0.29, 0.717) is 19.0 Å². The first kappa shape index (κ1) is 16.7. The molecule has 0 saturated carbocycles. The number of halogens is 1. The van der Waals surface area contributed by atoms with Crippen molar-refractivity contribution < 1.29 is 4.39 Å². The molecular weight excluding hydrogens is 317 g/mol. The molecule has 1 heterocycles. The van der Waals surface area contributed by atoms with Crippen molar-refractivity contribution in [3.63, 3.8) is 0 Å². The summed E-state index contributed by atoms with van der Waals surface area (Å²) in [6.45, 7) is 1.15. The lowest BCUT2D eigenvalue weighted by molar-refractivity contribution is 0.624. The van der Waals surface area contributed by atoms with Crippen molar-refractivity contribution in [3.8, 4) is 5.69 Å². The average molecular weight is 337 g/mol. The highest BCUT2D eigenvalue weighted by atomic mass is 19.1. The van der Waals surface area contributed by atoms with Gasteiger partial charge >= 0.3 is 0 Å². The first-order valence-electron chi connectivity index (χ1n) is 8.02. The molecule has 25 heavy (non-hydrogen) atoms. The molecule has 128 valence electrons. The molecule has 0 saturated heterocycles. The van der Waals surface area contributed by atoms with Gasteiger partial charge in [-0.15, -0.1) is 0 Å². The van der Waals surface area contributed by atoms with Crippen LogP contribution in [0.2, 0.25) is 0 Å². The standard InChI is InChI=1S/C19H20FN5/c1-21-19(23-14-16-4-2-5-17(20)12-16)22-13-15-6-8-18(9-7-15)25-11-3-10-24-25/h2-12H,13-14H2,1H3,(H2,21,22,23). The van der Waals surface area contributed by atoms with E-state index in [1.165, 1.54) is 12.1 Å². The lowest BCUT2D eigenvalue weighted by Gasteiger charge is -2.12. The Balaban J connectivity index is 1.52. The molecule has 2 aromatic carbocycles. The number of benzene rings is 2. The van der Waals surface area contributed by atoms with E-state index in [0.717, 1.165) is 16.8 Å². The Kier molecular flexibility index (Phi) is 5.41. The van der Waals surface area contributed by atoms with Crippen LogP contribution >= 0.6 is 0 Å². The lowest BCUT2D eigenvalue weighted by Crippen LogP contribution is -2.36. The second-order valence-electron chi connectivity index (χ2n) is 5.53. The van der Waals surface area contributed by atoms with E-state index in [4.69, 9.17) is 0 Å². The summed E-state index contributed by atoms with van der Waals surface area (Å²) < 4.78 is 15.0. The van der Waals surface area contributed by atoms with E-state index in [9.17, 15) is 4.39 Å². The molecule has 0 fully saturated rings. The molecule has 0 spiro atoms. The molecule has 0 unspecified atom stereocenters. The van der Waals surface area contributed by atoms with Gasteiger partial charge < -0.3 is 10.6 Å². The number of rotatable bonds is 5. The number of hydrogen-bond acceptors (Lipinski definition) is 2. The maximum Gasteiger partial charge on any atom is 0.191 e. The molecular formula is C19H20FN5. The molecule has 0 aliphatic heterocycles. The summed E-state index contributed by atoms with van der Waals surface area (Å²) in [7, 11) is 1.71. The van der Waals surface area contributed by atoms with Gasteiger partial charge in [0, 0.05) is 32.5 Å². The van der Waals surface area contributed by atoms with E-state index >= 15 is 0 Å². The quantitative estimate of drug-likeness (QED) is 0.556. The third kappa shape index (κ3) is 4.67. The van der Waals surface area contributed by atoms with Gasteiger partial charge in [0.1, 0.15) is 5.82 Å². The number of aromatic nitrogens is 2. The maximum atomic E-state index is 13.2. The summed E-state index contributed by atoms with van der Waals surface area (Å²) in [5, 5.41) is 10.6. The zero-order chi connectivity index (χ0) is 17.5. The van der Waals surface area contributed by atoms with Gasteiger partial charge in [0.2, 0.25) is 0 Å². The largest absolute Gasteiger partial charge is 0.352 e. The molecule has 0 atom stereocenters. The molecule has 0 aliphatic carbocycles. The van der Waals surface area contributed by atoms with E-state index in [1.807, 2.05) is 47.3 Å². The molecule has 0 radical (unpaired) electrons. The Morgan fingerprint density at radius 2 is 1.80 bits per heavy atom. The lowest BCUT2D eigenvalue weighted by atomic mass is 10.2. The second kappa shape index (κ2) is 8.10. The smallest absolute Gasteiger partial charge is 0.191 e. The summed E-state index contributed by atoms with van der Waals surface area (Å²) >= 11 is 0. The van der Waals surface area contributed by atoms with Crippen LogP contribution in [0.4, 0.5) is 4.39 Å². The number of nitrogens with zero attached hydrogens (tertiary/aromatic N) is 3. The molecule has 1 aromatic heterocycles. The zero-order valence-electron chi connectivity index (χ0n) is 14.0. The van der Waals surface area contributed by atoms with Gasteiger partial charge in [-0.2, -0.15) is 5.10 Å². The van der Waals surface area contributed by atoms with E-state index < -0.39 is 0 Å². The summed E-state index contributed by atoms with van der Waals surface area (Å²) in [6.07, 6.45) is 3.66. The number of guanidine groups is 1. The fourth-order valence-electron chi connectivity index (χ4n) is 2.43. The molecule has 6 heteroatoms. The first-order valence-corrected chi connectivity index (χ1v) is 8.02. The molecule has 3 rings (SSSR count). The SMILES string of the molecule is CN=C(NCc1ccc(-n2cccn2)cc1)NCc1cccc(F)c1. The van der Waals surface area contributed by atoms with Gasteiger partial charge in [0.05, 0.1) is 5.69 Å². The predicted molar refractivity (Wildman–Crippen MR) is 97.0 cm³/mol. The summed E-state index contributed by atoms with van der Waals surface area (Å²) in [4.78, 5) is 4.19. The van der Waals surface area contributed by atoms with Gasteiger partial charge in [0.25, 0.3) is 0 Å². The van der Waals surface area contributed by atoms with E-state index in [1.54, 1.807) is 19.3 Å². The first-order chi connectivity index (χ1) is 12.2. The Morgan fingerprint density at radius 3 is 2.44 bits per heavy atom. The van der Waals surface area contributed by atoms with Crippen molar-refractivity contribution in [1.29, 1.82) is 0 Å². The van der Waals surface area contributed by atoms with Crippen LogP contribution in [0.1, 0.15) is 11.1 Å². The highest BCUT2D eigenvalue weighted by Gasteiger charge is 2.01. The van der Waals surface area contributed by atoms with Crippen LogP contribution in [0.15, 0.2) is 72.0 Å². The molecule has 0 aliphatic rings. The van der Waals surface area contributed by atoms with Crippen LogP contribution in [0, 0.1) is 5.82 Å². The maximum absolute atomic E-state index is 13.2.